The quantitative estimate of drug-likeness (QED) is 0.317. The Morgan fingerprint density at radius 2 is 1.97 bits per heavy atom. The van der Waals surface area contributed by atoms with Gasteiger partial charge in [0.15, 0.2) is 5.75 Å². The van der Waals surface area contributed by atoms with Crippen molar-refractivity contribution in [3.8, 4) is 0 Å². The van der Waals surface area contributed by atoms with Crippen LogP contribution in [0.4, 0.5) is 18.3 Å². The number of allylic oxidation sites excluding steroid dienone is 3. The first kappa shape index (κ1) is 28.4. The fourth-order valence-electron chi connectivity index (χ4n) is 2.99. The second-order valence-corrected chi connectivity index (χ2v) is 11.1. The number of sulfonamides is 1. The van der Waals surface area contributed by atoms with Crippen molar-refractivity contribution in [1.29, 1.82) is 0 Å². The number of hydrogen-bond acceptors (Lipinski definition) is 10. The maximum atomic E-state index is 12.6. The number of halogens is 3. The molecule has 0 saturated carbocycles. The molecule has 0 amide bonds. The van der Waals surface area contributed by atoms with Gasteiger partial charge in [0.1, 0.15) is 11.3 Å². The molecule has 1 aromatic rings. The molecule has 35 heavy (non-hydrogen) atoms. The highest BCUT2D eigenvalue weighted by Crippen LogP contribution is 2.25. The Bertz CT molecular complexity index is 1150. The number of hydrazone groups is 1. The number of nitrogens with zero attached hydrogens (tertiary/aromatic N) is 5. The molecule has 1 aliphatic heterocycles. The molecule has 0 atom stereocenters. The number of nitrogens with one attached hydrogen (secondary N) is 1. The summed E-state index contributed by atoms with van der Waals surface area (Å²) in [4.78, 5) is 14.1. The van der Waals surface area contributed by atoms with Crippen molar-refractivity contribution >= 4 is 44.4 Å². The molecule has 0 aliphatic carbocycles. The highest BCUT2D eigenvalue weighted by Gasteiger charge is 2.34. The van der Waals surface area contributed by atoms with Gasteiger partial charge in [0.25, 0.3) is 10.0 Å². The van der Waals surface area contributed by atoms with Gasteiger partial charge in [-0.05, 0) is 52.2 Å². The van der Waals surface area contributed by atoms with Crippen LogP contribution in [0.25, 0.3) is 0 Å². The molecule has 0 spiro atoms. The predicted molar refractivity (Wildman–Crippen MR) is 128 cm³/mol. The molecule has 0 aromatic carbocycles. The number of likely N-dealkylation sites (N-methyl/N-ethyl adjacent to an activating group) is 1. The van der Waals surface area contributed by atoms with Gasteiger partial charge in [-0.3, -0.25) is 5.43 Å². The van der Waals surface area contributed by atoms with E-state index in [1.54, 1.807) is 20.8 Å². The summed E-state index contributed by atoms with van der Waals surface area (Å²) in [5.74, 6) is -2.77. The summed E-state index contributed by atoms with van der Waals surface area (Å²) >= 11 is 0.840. The van der Waals surface area contributed by atoms with E-state index in [0.29, 0.717) is 6.42 Å². The van der Waals surface area contributed by atoms with Gasteiger partial charge >= 0.3 is 12.1 Å². The Labute approximate surface area is 205 Å². The Balaban J connectivity index is 2.35. The largest absolute Gasteiger partial charge is 0.455 e. The third-order valence-electron chi connectivity index (χ3n) is 4.25. The zero-order valence-corrected chi connectivity index (χ0v) is 21.5. The monoisotopic (exact) mass is 536 g/mol. The number of piperidine rings is 1. The van der Waals surface area contributed by atoms with Crippen LogP contribution in [0.2, 0.25) is 0 Å². The molecule has 2 rings (SSSR count). The van der Waals surface area contributed by atoms with Gasteiger partial charge in [-0.2, -0.15) is 22.7 Å². The number of carbonyl (C=O) groups excluding carboxylic acids is 1. The molecular weight excluding hydrogens is 509 g/mol. The third kappa shape index (κ3) is 9.76. The van der Waals surface area contributed by atoms with Crippen LogP contribution in [0.5, 0.6) is 0 Å². The molecule has 15 heteroatoms. The Morgan fingerprint density at radius 1 is 1.29 bits per heavy atom. The number of anilines is 1. The summed E-state index contributed by atoms with van der Waals surface area (Å²) in [5, 5.41) is 11.6. The van der Waals surface area contributed by atoms with Crippen LogP contribution >= 0.6 is 11.3 Å². The summed E-state index contributed by atoms with van der Waals surface area (Å²) in [6, 6.07) is 0. The Kier molecular flexibility index (Phi) is 9.17. The van der Waals surface area contributed by atoms with E-state index in [9.17, 15) is 26.4 Å². The lowest BCUT2D eigenvalue weighted by atomic mass is 9.99. The molecule has 10 nitrogen and oxygen atoms in total. The van der Waals surface area contributed by atoms with Gasteiger partial charge in [-0.15, -0.1) is 10.2 Å². The van der Waals surface area contributed by atoms with Crippen molar-refractivity contribution in [2.24, 2.45) is 9.50 Å². The number of rotatable bonds is 7. The minimum atomic E-state index is -4.93. The summed E-state index contributed by atoms with van der Waals surface area (Å²) in [5.41, 5.74) is 3.42. The summed E-state index contributed by atoms with van der Waals surface area (Å²) in [6.07, 6.45) is 0.664. The summed E-state index contributed by atoms with van der Waals surface area (Å²) in [7, 11) is -2.93. The molecule has 0 radical (unpaired) electrons. The predicted octanol–water partition coefficient (Wildman–Crippen LogP) is 3.78. The molecule has 194 valence electrons. The fraction of sp³-hybridized carbons (Fsp3) is 0.550. The second kappa shape index (κ2) is 11.3. The van der Waals surface area contributed by atoms with E-state index in [1.807, 2.05) is 24.9 Å². The Morgan fingerprint density at radius 3 is 2.57 bits per heavy atom. The van der Waals surface area contributed by atoms with E-state index in [1.165, 1.54) is 6.08 Å². The van der Waals surface area contributed by atoms with Gasteiger partial charge in [-0.1, -0.05) is 17.4 Å². The molecule has 1 aromatic heterocycles. The SMILES string of the molecule is CC=C1/C(=C\C(C=NS(=O)(=O)CC(F)(F)F)=NNc2nnc(C(=O)OC(C)(C)C)s2)CCCN1C. The standard InChI is InChI=1S/C20H27F3N6O4S2/c1-6-15-13(8-7-9-29(15)5)10-14(11-24-35(31,32)12-20(21,22)23)25-27-18-28-26-16(34-18)17(30)33-19(2,3)4/h6,10-11H,7-9,12H2,1-5H3,(H,27,28)/b13-10-,15-6?,24-11?,25-14?. The van der Waals surface area contributed by atoms with Crippen molar-refractivity contribution in [1.82, 2.24) is 15.1 Å². The zero-order chi connectivity index (χ0) is 26.4. The van der Waals surface area contributed by atoms with E-state index in [0.717, 1.165) is 41.8 Å². The summed E-state index contributed by atoms with van der Waals surface area (Å²) in [6.45, 7) is 7.74. The van der Waals surface area contributed by atoms with E-state index in [4.69, 9.17) is 4.74 Å². The number of hydrogen-bond donors (Lipinski definition) is 1. The molecule has 1 saturated heterocycles. The van der Waals surface area contributed by atoms with Gasteiger partial charge in [0, 0.05) is 19.3 Å². The lowest BCUT2D eigenvalue weighted by Crippen LogP contribution is -2.25. The molecule has 2 heterocycles. The molecule has 0 unspecified atom stereocenters. The highest BCUT2D eigenvalue weighted by atomic mass is 32.2. The lowest BCUT2D eigenvalue weighted by Gasteiger charge is -2.29. The average molecular weight is 537 g/mol. The van der Waals surface area contributed by atoms with Gasteiger partial charge in [-0.25, -0.2) is 13.2 Å². The lowest BCUT2D eigenvalue weighted by molar-refractivity contribution is -0.106. The van der Waals surface area contributed by atoms with E-state index < -0.39 is 33.5 Å². The Hall–Kier alpha value is -2.81. The highest BCUT2D eigenvalue weighted by molar-refractivity contribution is 7.90. The smallest absolute Gasteiger partial charge is 0.404 e. The molecular formula is C20H27F3N6O4S2. The number of carbonyl (C=O) groups is 1. The maximum Gasteiger partial charge on any atom is 0.404 e. The van der Waals surface area contributed by atoms with Crippen LogP contribution in [-0.4, -0.2) is 72.5 Å². The van der Waals surface area contributed by atoms with Crippen LogP contribution in [0.1, 0.15) is 50.3 Å². The van der Waals surface area contributed by atoms with Crippen molar-refractivity contribution in [3.05, 3.63) is 28.4 Å². The average Bonchev–Trinajstić information content (AvgIpc) is 3.16. The van der Waals surface area contributed by atoms with Crippen molar-refractivity contribution < 1.29 is 31.1 Å². The minimum absolute atomic E-state index is 0.0379. The first-order valence-electron chi connectivity index (χ1n) is 10.4. The molecule has 1 N–H and O–H groups in total. The second-order valence-electron chi connectivity index (χ2n) is 8.51. The van der Waals surface area contributed by atoms with Crippen molar-refractivity contribution in [2.75, 3.05) is 24.8 Å². The fourth-order valence-corrected chi connectivity index (χ4v) is 4.31. The number of alkyl halides is 3. The van der Waals surface area contributed by atoms with Crippen molar-refractivity contribution in [2.45, 2.75) is 52.3 Å². The van der Waals surface area contributed by atoms with Gasteiger partial charge in [0.05, 0.1) is 6.21 Å². The van der Waals surface area contributed by atoms with Crippen molar-refractivity contribution in [3.63, 3.8) is 0 Å². The van der Waals surface area contributed by atoms with Crippen LogP contribution < -0.4 is 5.43 Å². The van der Waals surface area contributed by atoms with E-state index in [2.05, 4.69) is 25.1 Å². The van der Waals surface area contributed by atoms with E-state index in [-0.39, 0.29) is 15.9 Å². The normalized spacial score (nSPS) is 18.5. The third-order valence-corrected chi connectivity index (χ3v) is 6.17. The number of likely N-dealkylation sites (tertiary alicyclic amines) is 1. The van der Waals surface area contributed by atoms with Gasteiger partial charge < -0.3 is 9.64 Å². The minimum Gasteiger partial charge on any atom is -0.455 e. The summed E-state index contributed by atoms with van der Waals surface area (Å²) < 4.78 is 69.6. The topological polar surface area (TPSA) is 126 Å². The number of ether oxygens (including phenoxy) is 1. The zero-order valence-electron chi connectivity index (χ0n) is 19.9. The molecule has 1 fully saturated rings. The number of aromatic nitrogens is 2. The first-order valence-corrected chi connectivity index (χ1v) is 12.8. The van der Waals surface area contributed by atoms with Crippen LogP contribution in [0.15, 0.2) is 32.9 Å². The van der Waals surface area contributed by atoms with E-state index >= 15 is 0 Å². The van der Waals surface area contributed by atoms with Gasteiger partial charge in [0.2, 0.25) is 10.1 Å². The van der Waals surface area contributed by atoms with Crippen LogP contribution in [-0.2, 0) is 14.8 Å². The maximum absolute atomic E-state index is 12.6. The molecule has 0 bridgehead atoms. The first-order chi connectivity index (χ1) is 16.1. The number of esters is 1. The van der Waals surface area contributed by atoms with Crippen LogP contribution in [0, 0.1) is 0 Å². The molecule has 1 aliphatic rings. The van der Waals surface area contributed by atoms with Crippen LogP contribution in [0.3, 0.4) is 0 Å².